The highest BCUT2D eigenvalue weighted by atomic mass is 16.5. The minimum absolute atomic E-state index is 0.0250. The molecule has 1 aromatic carbocycles. The topological polar surface area (TPSA) is 59.8 Å². The van der Waals surface area contributed by atoms with E-state index in [-0.39, 0.29) is 11.8 Å². The van der Waals surface area contributed by atoms with Crippen LogP contribution in [0.2, 0.25) is 0 Å². The lowest BCUT2D eigenvalue weighted by molar-refractivity contribution is 0.0702. The molecule has 0 aliphatic carbocycles. The molecular formula is C21H30N4O3. The van der Waals surface area contributed by atoms with Gasteiger partial charge in [0.25, 0.3) is 5.91 Å². The Labute approximate surface area is 166 Å². The molecule has 1 aliphatic rings. The Morgan fingerprint density at radius 2 is 2.04 bits per heavy atom. The van der Waals surface area contributed by atoms with Gasteiger partial charge in [-0.25, -0.2) is 4.98 Å². The van der Waals surface area contributed by atoms with Crippen molar-refractivity contribution in [2.75, 3.05) is 47.9 Å². The molecule has 0 bridgehead atoms. The van der Waals surface area contributed by atoms with Crippen molar-refractivity contribution in [2.24, 2.45) is 0 Å². The maximum atomic E-state index is 13.1. The lowest BCUT2D eigenvalue weighted by Gasteiger charge is -2.33. The number of amides is 1. The van der Waals surface area contributed by atoms with Crippen LogP contribution in [0, 0.1) is 0 Å². The van der Waals surface area contributed by atoms with Crippen LogP contribution < -0.4 is 9.47 Å². The van der Waals surface area contributed by atoms with Gasteiger partial charge in [0.15, 0.2) is 11.5 Å². The number of nitrogens with zero attached hydrogens (tertiary/aromatic N) is 4. The fourth-order valence-corrected chi connectivity index (χ4v) is 3.70. The summed E-state index contributed by atoms with van der Waals surface area (Å²) in [6, 6.07) is 5.33. The third kappa shape index (κ3) is 4.47. The maximum absolute atomic E-state index is 13.1. The van der Waals surface area contributed by atoms with E-state index in [2.05, 4.69) is 28.5 Å². The summed E-state index contributed by atoms with van der Waals surface area (Å²) < 4.78 is 12.8. The Bertz CT molecular complexity index is 803. The zero-order chi connectivity index (χ0) is 20.1. The van der Waals surface area contributed by atoms with E-state index in [4.69, 9.17) is 9.47 Å². The standard InChI is InChI=1S/C21H30N4O3/c1-23(2)12-13-24-11-9-22-20(24)17-6-5-10-25(15-17)21(26)16-7-8-18(27-3)19(14-16)28-4/h7-9,11,14,17H,5-6,10,12-13,15H2,1-4H3. The smallest absolute Gasteiger partial charge is 0.254 e. The summed E-state index contributed by atoms with van der Waals surface area (Å²) in [5, 5.41) is 0. The predicted octanol–water partition coefficient (Wildman–Crippen LogP) is 2.48. The number of ether oxygens (including phenoxy) is 2. The summed E-state index contributed by atoms with van der Waals surface area (Å²) in [6.45, 7) is 3.32. The predicted molar refractivity (Wildman–Crippen MR) is 108 cm³/mol. The third-order valence-electron chi connectivity index (χ3n) is 5.24. The van der Waals surface area contributed by atoms with Gasteiger partial charge in [-0.1, -0.05) is 0 Å². The maximum Gasteiger partial charge on any atom is 0.254 e. The van der Waals surface area contributed by atoms with Gasteiger partial charge in [-0.15, -0.1) is 0 Å². The SMILES string of the molecule is COc1ccc(C(=O)N2CCCC(c3nccn3CCN(C)C)C2)cc1OC. The van der Waals surface area contributed by atoms with Gasteiger partial charge < -0.3 is 23.8 Å². The first-order chi connectivity index (χ1) is 13.5. The summed E-state index contributed by atoms with van der Waals surface area (Å²) in [6.07, 6.45) is 5.92. The van der Waals surface area contributed by atoms with E-state index in [1.807, 2.05) is 17.3 Å². The van der Waals surface area contributed by atoms with Crippen LogP contribution in [-0.4, -0.2) is 73.2 Å². The minimum Gasteiger partial charge on any atom is -0.493 e. The number of likely N-dealkylation sites (N-methyl/N-ethyl adjacent to an activating group) is 1. The second-order valence-electron chi connectivity index (χ2n) is 7.44. The zero-order valence-electron chi connectivity index (χ0n) is 17.2. The Kier molecular flexibility index (Phi) is 6.57. The van der Waals surface area contributed by atoms with E-state index >= 15 is 0 Å². The monoisotopic (exact) mass is 386 g/mol. The lowest BCUT2D eigenvalue weighted by atomic mass is 9.96. The normalized spacial score (nSPS) is 17.0. The molecule has 1 aliphatic heterocycles. The van der Waals surface area contributed by atoms with Crippen LogP contribution in [0.1, 0.15) is 34.9 Å². The van der Waals surface area contributed by atoms with E-state index in [0.717, 1.165) is 38.3 Å². The summed E-state index contributed by atoms with van der Waals surface area (Å²) in [4.78, 5) is 21.8. The molecule has 0 spiro atoms. The first-order valence-electron chi connectivity index (χ1n) is 9.70. The highest BCUT2D eigenvalue weighted by Gasteiger charge is 2.28. The Balaban J connectivity index is 1.73. The fraction of sp³-hybridized carbons (Fsp3) is 0.524. The quantitative estimate of drug-likeness (QED) is 0.732. The van der Waals surface area contributed by atoms with Crippen molar-refractivity contribution in [1.82, 2.24) is 19.4 Å². The number of hydrogen-bond donors (Lipinski definition) is 0. The number of likely N-dealkylation sites (tertiary alicyclic amines) is 1. The average Bonchev–Trinajstić information content (AvgIpc) is 3.20. The second kappa shape index (κ2) is 9.10. The molecule has 152 valence electrons. The number of carbonyl (C=O) groups is 1. The molecule has 1 aromatic heterocycles. The largest absolute Gasteiger partial charge is 0.493 e. The second-order valence-corrected chi connectivity index (χ2v) is 7.44. The molecule has 0 N–H and O–H groups in total. The molecule has 0 radical (unpaired) electrons. The highest BCUT2D eigenvalue weighted by Crippen LogP contribution is 2.30. The van der Waals surface area contributed by atoms with E-state index < -0.39 is 0 Å². The fourth-order valence-electron chi connectivity index (χ4n) is 3.70. The molecule has 2 aromatic rings. The van der Waals surface area contributed by atoms with Crippen molar-refractivity contribution in [2.45, 2.75) is 25.3 Å². The van der Waals surface area contributed by atoms with Crippen molar-refractivity contribution in [3.63, 3.8) is 0 Å². The third-order valence-corrected chi connectivity index (χ3v) is 5.24. The summed E-state index contributed by atoms with van der Waals surface area (Å²) >= 11 is 0. The molecule has 1 atom stereocenters. The Morgan fingerprint density at radius 1 is 1.25 bits per heavy atom. The summed E-state index contributed by atoms with van der Waals surface area (Å²) in [5.74, 6) is 2.55. The molecule has 7 heteroatoms. The van der Waals surface area contributed by atoms with Crippen molar-refractivity contribution >= 4 is 5.91 Å². The molecule has 1 saturated heterocycles. The molecule has 1 amide bonds. The molecular weight excluding hydrogens is 356 g/mol. The van der Waals surface area contributed by atoms with Gasteiger partial charge in [0.2, 0.25) is 0 Å². The molecule has 7 nitrogen and oxygen atoms in total. The average molecular weight is 386 g/mol. The van der Waals surface area contributed by atoms with Crippen molar-refractivity contribution in [1.29, 1.82) is 0 Å². The summed E-state index contributed by atoms with van der Waals surface area (Å²) in [7, 11) is 7.31. The number of methoxy groups -OCH3 is 2. The lowest BCUT2D eigenvalue weighted by Crippen LogP contribution is -2.40. The van der Waals surface area contributed by atoms with E-state index in [9.17, 15) is 4.79 Å². The van der Waals surface area contributed by atoms with Gasteiger partial charge in [0, 0.05) is 50.1 Å². The Hall–Kier alpha value is -2.54. The number of hydrogen-bond acceptors (Lipinski definition) is 5. The van der Waals surface area contributed by atoms with Crippen LogP contribution in [-0.2, 0) is 6.54 Å². The first-order valence-corrected chi connectivity index (χ1v) is 9.70. The number of piperidine rings is 1. The van der Waals surface area contributed by atoms with Gasteiger partial charge in [0.1, 0.15) is 5.82 Å². The molecule has 1 fully saturated rings. The molecule has 1 unspecified atom stereocenters. The van der Waals surface area contributed by atoms with Gasteiger partial charge in [0.05, 0.1) is 14.2 Å². The molecule has 2 heterocycles. The molecule has 0 saturated carbocycles. The van der Waals surface area contributed by atoms with Gasteiger partial charge in [-0.05, 0) is 45.1 Å². The summed E-state index contributed by atoms with van der Waals surface area (Å²) in [5.41, 5.74) is 0.620. The number of aromatic nitrogens is 2. The van der Waals surface area contributed by atoms with Crippen LogP contribution in [0.25, 0.3) is 0 Å². The number of rotatable bonds is 7. The highest BCUT2D eigenvalue weighted by molar-refractivity contribution is 5.95. The van der Waals surface area contributed by atoms with E-state index in [1.165, 1.54) is 0 Å². The van der Waals surface area contributed by atoms with Gasteiger partial charge in [-0.2, -0.15) is 0 Å². The van der Waals surface area contributed by atoms with Crippen LogP contribution in [0.3, 0.4) is 0 Å². The van der Waals surface area contributed by atoms with E-state index in [1.54, 1.807) is 32.4 Å². The zero-order valence-corrected chi connectivity index (χ0v) is 17.2. The van der Waals surface area contributed by atoms with Crippen LogP contribution >= 0.6 is 0 Å². The number of benzene rings is 1. The minimum atomic E-state index is 0.0250. The Morgan fingerprint density at radius 3 is 2.75 bits per heavy atom. The molecule has 28 heavy (non-hydrogen) atoms. The van der Waals surface area contributed by atoms with Crippen molar-refractivity contribution < 1.29 is 14.3 Å². The van der Waals surface area contributed by atoms with Crippen molar-refractivity contribution in [3.8, 4) is 11.5 Å². The molecule has 3 rings (SSSR count). The van der Waals surface area contributed by atoms with Crippen molar-refractivity contribution in [3.05, 3.63) is 42.0 Å². The van der Waals surface area contributed by atoms with Crippen LogP contribution in [0.15, 0.2) is 30.6 Å². The number of imidazole rings is 1. The first kappa shape index (κ1) is 20.2. The van der Waals surface area contributed by atoms with E-state index in [0.29, 0.717) is 23.6 Å². The van der Waals surface area contributed by atoms with Crippen LogP contribution in [0.5, 0.6) is 11.5 Å². The number of carbonyl (C=O) groups excluding carboxylic acids is 1. The van der Waals surface area contributed by atoms with Crippen LogP contribution in [0.4, 0.5) is 0 Å². The van der Waals surface area contributed by atoms with Gasteiger partial charge >= 0.3 is 0 Å². The van der Waals surface area contributed by atoms with Gasteiger partial charge in [-0.3, -0.25) is 4.79 Å².